The summed E-state index contributed by atoms with van der Waals surface area (Å²) in [6, 6.07) is 3.61. The summed E-state index contributed by atoms with van der Waals surface area (Å²) in [6.07, 6.45) is 4.52. The second kappa shape index (κ2) is 7.45. The number of carbonyl (C=O) groups is 1. The molecule has 1 aliphatic heterocycles. The minimum Gasteiger partial charge on any atom is -0.373 e. The number of nitrogens with zero attached hydrogens (tertiary/aromatic N) is 1. The zero-order chi connectivity index (χ0) is 14.4. The van der Waals surface area contributed by atoms with Gasteiger partial charge in [0.2, 0.25) is 0 Å². The number of morpholine rings is 1. The predicted octanol–water partition coefficient (Wildman–Crippen LogP) is 1.63. The van der Waals surface area contributed by atoms with E-state index in [0.717, 1.165) is 39.0 Å². The Kier molecular flexibility index (Phi) is 5.61. The second-order valence-corrected chi connectivity index (χ2v) is 5.56. The molecule has 1 aromatic heterocycles. The fourth-order valence-electron chi connectivity index (χ4n) is 2.70. The van der Waals surface area contributed by atoms with E-state index in [2.05, 4.69) is 29.0 Å². The van der Waals surface area contributed by atoms with Crippen molar-refractivity contribution < 1.29 is 9.53 Å². The van der Waals surface area contributed by atoms with E-state index in [4.69, 9.17) is 4.74 Å². The zero-order valence-electron chi connectivity index (χ0n) is 12.4. The molecule has 2 rings (SSSR count). The lowest BCUT2D eigenvalue weighted by molar-refractivity contribution is -0.0681. The van der Waals surface area contributed by atoms with Gasteiger partial charge in [0.25, 0.3) is 5.91 Å². The van der Waals surface area contributed by atoms with Gasteiger partial charge in [-0.05, 0) is 45.4 Å². The lowest BCUT2D eigenvalue weighted by Crippen LogP contribution is -2.45. The highest BCUT2D eigenvalue weighted by Gasteiger charge is 2.21. The van der Waals surface area contributed by atoms with E-state index in [1.165, 1.54) is 0 Å². The van der Waals surface area contributed by atoms with Crippen LogP contribution in [0.3, 0.4) is 0 Å². The third-order valence-electron chi connectivity index (χ3n) is 3.52. The van der Waals surface area contributed by atoms with Gasteiger partial charge in [-0.3, -0.25) is 9.69 Å². The van der Waals surface area contributed by atoms with E-state index in [1.54, 1.807) is 12.3 Å². The molecule has 0 saturated carbocycles. The van der Waals surface area contributed by atoms with Gasteiger partial charge < -0.3 is 15.0 Å². The highest BCUT2D eigenvalue weighted by molar-refractivity contribution is 5.92. The lowest BCUT2D eigenvalue weighted by atomic mass is 10.2. The van der Waals surface area contributed by atoms with Crippen LogP contribution in [0.1, 0.15) is 37.2 Å². The quantitative estimate of drug-likeness (QED) is 0.778. The number of unbranched alkanes of at least 4 members (excludes halogenated alkanes) is 1. The summed E-state index contributed by atoms with van der Waals surface area (Å²) in [5.74, 6) is -0.0244. The summed E-state index contributed by atoms with van der Waals surface area (Å²) >= 11 is 0. The topological polar surface area (TPSA) is 57.4 Å². The summed E-state index contributed by atoms with van der Waals surface area (Å²) in [5.41, 5.74) is 0.626. The third-order valence-corrected chi connectivity index (χ3v) is 3.52. The molecule has 0 spiro atoms. The van der Waals surface area contributed by atoms with Crippen LogP contribution < -0.4 is 5.32 Å². The minimum absolute atomic E-state index is 0.0244. The van der Waals surface area contributed by atoms with E-state index >= 15 is 0 Å². The van der Waals surface area contributed by atoms with Crippen LogP contribution in [0.25, 0.3) is 0 Å². The molecule has 1 amide bonds. The van der Waals surface area contributed by atoms with Crippen molar-refractivity contribution in [2.75, 3.05) is 26.2 Å². The Morgan fingerprint density at radius 2 is 2.15 bits per heavy atom. The Morgan fingerprint density at radius 1 is 1.40 bits per heavy atom. The molecule has 5 heteroatoms. The van der Waals surface area contributed by atoms with Gasteiger partial charge in [-0.15, -0.1) is 0 Å². The van der Waals surface area contributed by atoms with Crippen LogP contribution >= 0.6 is 0 Å². The summed E-state index contributed by atoms with van der Waals surface area (Å²) in [6.45, 7) is 8.08. The van der Waals surface area contributed by atoms with Crippen molar-refractivity contribution in [2.24, 2.45) is 0 Å². The summed E-state index contributed by atoms with van der Waals surface area (Å²) in [5, 5.41) is 2.93. The molecule has 20 heavy (non-hydrogen) atoms. The van der Waals surface area contributed by atoms with Crippen LogP contribution in [0.4, 0.5) is 0 Å². The van der Waals surface area contributed by atoms with Crippen molar-refractivity contribution in [1.82, 2.24) is 15.2 Å². The minimum atomic E-state index is -0.0244. The van der Waals surface area contributed by atoms with Crippen molar-refractivity contribution in [1.29, 1.82) is 0 Å². The van der Waals surface area contributed by atoms with E-state index in [1.807, 2.05) is 6.07 Å². The zero-order valence-corrected chi connectivity index (χ0v) is 12.4. The van der Waals surface area contributed by atoms with Crippen LogP contribution in [0, 0.1) is 0 Å². The SMILES string of the molecule is C[C@@H]1CN(CCCCNC(=O)c2ccc[nH]2)C[C@@H](C)O1. The number of rotatable bonds is 6. The molecule has 1 saturated heterocycles. The molecule has 2 N–H and O–H groups in total. The molecule has 0 aromatic carbocycles. The Hall–Kier alpha value is -1.33. The van der Waals surface area contributed by atoms with E-state index in [0.29, 0.717) is 17.9 Å². The number of amides is 1. The van der Waals surface area contributed by atoms with E-state index in [-0.39, 0.29) is 5.91 Å². The van der Waals surface area contributed by atoms with Gasteiger partial charge in [0.1, 0.15) is 5.69 Å². The Balaban J connectivity index is 1.56. The smallest absolute Gasteiger partial charge is 0.267 e. The van der Waals surface area contributed by atoms with Gasteiger partial charge >= 0.3 is 0 Å². The average Bonchev–Trinajstić information content (AvgIpc) is 2.90. The summed E-state index contributed by atoms with van der Waals surface area (Å²) in [7, 11) is 0. The van der Waals surface area contributed by atoms with Gasteiger partial charge in [0.15, 0.2) is 0 Å². The highest BCUT2D eigenvalue weighted by Crippen LogP contribution is 2.11. The van der Waals surface area contributed by atoms with Crippen molar-refractivity contribution in [3.8, 4) is 0 Å². The lowest BCUT2D eigenvalue weighted by Gasteiger charge is -2.35. The number of hydrogen-bond donors (Lipinski definition) is 2. The molecular weight excluding hydrogens is 254 g/mol. The Bertz CT molecular complexity index is 395. The Labute approximate surface area is 120 Å². The number of nitrogens with one attached hydrogen (secondary N) is 2. The van der Waals surface area contributed by atoms with Gasteiger partial charge in [0, 0.05) is 25.8 Å². The first kappa shape index (κ1) is 15.1. The van der Waals surface area contributed by atoms with Crippen molar-refractivity contribution in [3.05, 3.63) is 24.0 Å². The van der Waals surface area contributed by atoms with Crippen molar-refractivity contribution in [3.63, 3.8) is 0 Å². The standard InChI is InChI=1S/C15H25N3O2/c1-12-10-18(11-13(2)20-12)9-4-3-7-17-15(19)14-6-5-8-16-14/h5-6,8,12-13,16H,3-4,7,9-11H2,1-2H3,(H,17,19)/t12-,13-/m1/s1. The number of hydrogen-bond acceptors (Lipinski definition) is 3. The maximum absolute atomic E-state index is 11.7. The van der Waals surface area contributed by atoms with Crippen LogP contribution in [-0.4, -0.2) is 54.2 Å². The summed E-state index contributed by atoms with van der Waals surface area (Å²) in [4.78, 5) is 17.0. The van der Waals surface area contributed by atoms with Gasteiger partial charge in [-0.2, -0.15) is 0 Å². The maximum Gasteiger partial charge on any atom is 0.267 e. The number of ether oxygens (including phenoxy) is 1. The number of H-pyrrole nitrogens is 1. The molecule has 0 bridgehead atoms. The van der Waals surface area contributed by atoms with Crippen LogP contribution in [0.5, 0.6) is 0 Å². The van der Waals surface area contributed by atoms with Gasteiger partial charge in [0.05, 0.1) is 12.2 Å². The first-order chi connectivity index (χ1) is 9.65. The van der Waals surface area contributed by atoms with Crippen LogP contribution in [-0.2, 0) is 4.74 Å². The number of aromatic amines is 1. The van der Waals surface area contributed by atoms with Crippen LogP contribution in [0.2, 0.25) is 0 Å². The van der Waals surface area contributed by atoms with E-state index in [9.17, 15) is 4.79 Å². The molecule has 5 nitrogen and oxygen atoms in total. The molecule has 112 valence electrons. The van der Waals surface area contributed by atoms with Gasteiger partial charge in [-0.1, -0.05) is 0 Å². The third kappa shape index (κ3) is 4.65. The van der Waals surface area contributed by atoms with Crippen LogP contribution in [0.15, 0.2) is 18.3 Å². The fraction of sp³-hybridized carbons (Fsp3) is 0.667. The molecule has 0 radical (unpaired) electrons. The maximum atomic E-state index is 11.7. The molecule has 0 aliphatic carbocycles. The molecule has 2 heterocycles. The molecule has 0 unspecified atom stereocenters. The number of aromatic nitrogens is 1. The average molecular weight is 279 g/mol. The first-order valence-corrected chi connectivity index (χ1v) is 7.44. The summed E-state index contributed by atoms with van der Waals surface area (Å²) < 4.78 is 5.71. The van der Waals surface area contributed by atoms with E-state index < -0.39 is 0 Å². The largest absolute Gasteiger partial charge is 0.373 e. The van der Waals surface area contributed by atoms with Crippen molar-refractivity contribution in [2.45, 2.75) is 38.9 Å². The first-order valence-electron chi connectivity index (χ1n) is 7.44. The number of carbonyl (C=O) groups excluding carboxylic acids is 1. The van der Waals surface area contributed by atoms with Crippen molar-refractivity contribution >= 4 is 5.91 Å². The molecule has 1 fully saturated rings. The normalized spacial score (nSPS) is 23.7. The molecule has 1 aromatic rings. The second-order valence-electron chi connectivity index (χ2n) is 5.56. The highest BCUT2D eigenvalue weighted by atomic mass is 16.5. The monoisotopic (exact) mass is 279 g/mol. The molecule has 2 atom stereocenters. The van der Waals surface area contributed by atoms with Gasteiger partial charge in [-0.25, -0.2) is 0 Å². The Morgan fingerprint density at radius 3 is 2.80 bits per heavy atom. The molecule has 1 aliphatic rings. The predicted molar refractivity (Wildman–Crippen MR) is 78.8 cm³/mol. The fourth-order valence-corrected chi connectivity index (χ4v) is 2.70. The molecular formula is C15H25N3O2.